The number of aromatic nitrogens is 3. The van der Waals surface area contributed by atoms with E-state index < -0.39 is 47.7 Å². The topological polar surface area (TPSA) is 131 Å². The van der Waals surface area contributed by atoms with Crippen molar-refractivity contribution in [2.45, 2.75) is 161 Å². The summed E-state index contributed by atoms with van der Waals surface area (Å²) in [6.45, 7) is 28.3. The maximum Gasteiger partial charge on any atom is 0.128 e. The Bertz CT molecular complexity index is 1250. The second-order valence-corrected chi connectivity index (χ2v) is 18.1. The monoisotopic (exact) mass is 787 g/mol. The van der Waals surface area contributed by atoms with Crippen molar-refractivity contribution >= 4 is 12.6 Å². The number of alkyl halides is 1. The van der Waals surface area contributed by atoms with Crippen LogP contribution in [0.5, 0.6) is 0 Å². The van der Waals surface area contributed by atoms with Gasteiger partial charge in [0.05, 0.1) is 34.8 Å². The summed E-state index contributed by atoms with van der Waals surface area (Å²) in [6, 6.07) is -0.470. The molecule has 0 aliphatic carbocycles. The Morgan fingerprint density at radius 2 is 1.81 bits per heavy atom. The average molecular weight is 787 g/mol. The van der Waals surface area contributed by atoms with E-state index in [0.29, 0.717) is 37.5 Å². The van der Waals surface area contributed by atoms with Crippen LogP contribution in [0, 0.1) is 35.5 Å². The second kappa shape index (κ2) is 21.4. The molecule has 4 N–H and O–H groups in total. The van der Waals surface area contributed by atoms with Crippen molar-refractivity contribution in [2.75, 3.05) is 41.0 Å². The van der Waals surface area contributed by atoms with E-state index >= 15 is 0 Å². The molecule has 0 radical (unpaired) electrons. The number of halogens is 1. The van der Waals surface area contributed by atoms with Crippen LogP contribution in [0.25, 0.3) is 0 Å². The molecule has 1 aliphatic heterocycles. The Labute approximate surface area is 333 Å². The van der Waals surface area contributed by atoms with Crippen molar-refractivity contribution < 1.29 is 28.8 Å². The minimum atomic E-state index is -1.17. The first-order valence-corrected chi connectivity index (χ1v) is 20.9. The Balaban J connectivity index is 2.42. The Morgan fingerprint density at radius 1 is 1.19 bits per heavy atom. The summed E-state index contributed by atoms with van der Waals surface area (Å²) in [5.41, 5.74) is 4.76. The molecule has 14 atom stereocenters. The van der Waals surface area contributed by atoms with Crippen LogP contribution in [-0.2, 0) is 20.6 Å². The molecule has 0 amide bonds. The molecule has 1 saturated heterocycles. The van der Waals surface area contributed by atoms with Gasteiger partial charge in [-0.2, -0.15) is 0 Å². The highest BCUT2D eigenvalue weighted by molar-refractivity contribution is 7.80. The summed E-state index contributed by atoms with van der Waals surface area (Å²) >= 11 is 4.34. The number of aliphatic hydroxyl groups is 2. The summed E-state index contributed by atoms with van der Waals surface area (Å²) in [6.07, 6.45) is 3.29. The van der Waals surface area contributed by atoms with Gasteiger partial charge in [-0.25, -0.2) is 9.07 Å². The molecule has 1 aromatic rings. The van der Waals surface area contributed by atoms with Crippen LogP contribution in [0.1, 0.15) is 114 Å². The number of ether oxygens (including phenoxy) is 3. The van der Waals surface area contributed by atoms with E-state index in [1.807, 2.05) is 32.7 Å². The SMILES string of the molecule is C=C1O[C@H](CC)[C@@](C)(N)C(O)N(C)C[C@H](C)C[C@@](C)(O)[C@H](OC(C)[C@H](C)C(CC(C)C)N(C)CCc2cn(C(CF)C(S)OC)nn2)[C@@H](C)[C@H](CC)C1C. The first kappa shape index (κ1) is 48.8. The van der Waals surface area contributed by atoms with Gasteiger partial charge in [0.15, 0.2) is 0 Å². The maximum absolute atomic E-state index is 13.8. The lowest BCUT2D eigenvalue weighted by Crippen LogP contribution is -2.63. The van der Waals surface area contributed by atoms with Crippen molar-refractivity contribution in [1.29, 1.82) is 0 Å². The van der Waals surface area contributed by atoms with E-state index in [1.165, 1.54) is 11.8 Å². The van der Waals surface area contributed by atoms with Crippen LogP contribution in [0.3, 0.4) is 0 Å². The zero-order valence-electron chi connectivity index (χ0n) is 36.2. The molecular weight excluding hydrogens is 708 g/mol. The first-order chi connectivity index (χ1) is 25.1. The lowest BCUT2D eigenvalue weighted by atomic mass is 9.72. The van der Waals surface area contributed by atoms with E-state index in [9.17, 15) is 14.6 Å². The molecular formula is C41H79FN6O5S. The predicted octanol–water partition coefficient (Wildman–Crippen LogP) is 6.36. The lowest BCUT2D eigenvalue weighted by molar-refractivity contribution is -0.178. The van der Waals surface area contributed by atoms with Crippen LogP contribution in [0.4, 0.5) is 4.39 Å². The number of hydrogen-bond acceptors (Lipinski definition) is 11. The fourth-order valence-electron chi connectivity index (χ4n) is 8.97. The molecule has 11 nitrogen and oxygen atoms in total. The molecule has 0 bridgehead atoms. The molecule has 0 aromatic carbocycles. The summed E-state index contributed by atoms with van der Waals surface area (Å²) in [4.78, 5) is 4.24. The number of likely N-dealkylation sites (N-methyl/N-ethyl adjacent to an activating group) is 2. The summed E-state index contributed by atoms with van der Waals surface area (Å²) in [5.74, 6) is 1.25. The maximum atomic E-state index is 13.8. The quantitative estimate of drug-likeness (QED) is 0.111. The Kier molecular flexibility index (Phi) is 19.4. The molecule has 2 rings (SSSR count). The molecule has 1 aliphatic rings. The Hall–Kier alpha value is -1.32. The van der Waals surface area contributed by atoms with Gasteiger partial charge in [0.2, 0.25) is 0 Å². The van der Waals surface area contributed by atoms with E-state index in [-0.39, 0.29) is 41.7 Å². The van der Waals surface area contributed by atoms with E-state index in [1.54, 1.807) is 6.20 Å². The Morgan fingerprint density at radius 3 is 2.35 bits per heavy atom. The fourth-order valence-corrected chi connectivity index (χ4v) is 9.18. The molecule has 0 spiro atoms. The van der Waals surface area contributed by atoms with Gasteiger partial charge >= 0.3 is 0 Å². The largest absolute Gasteiger partial charge is 0.493 e. The van der Waals surface area contributed by atoms with Crippen molar-refractivity contribution in [3.05, 3.63) is 24.2 Å². The molecule has 54 heavy (non-hydrogen) atoms. The third-order valence-electron chi connectivity index (χ3n) is 12.4. The first-order valence-electron chi connectivity index (χ1n) is 20.4. The second-order valence-electron chi connectivity index (χ2n) is 17.6. The minimum Gasteiger partial charge on any atom is -0.493 e. The number of rotatable bonds is 16. The molecule has 1 aromatic heterocycles. The third kappa shape index (κ3) is 12.6. The number of hydrogen-bond donors (Lipinski definition) is 4. The molecule has 1 fully saturated rings. The molecule has 2 heterocycles. The van der Waals surface area contributed by atoms with Crippen molar-refractivity contribution in [3.8, 4) is 0 Å². The van der Waals surface area contributed by atoms with Gasteiger partial charge in [-0.05, 0) is 83.7 Å². The zero-order valence-corrected chi connectivity index (χ0v) is 37.1. The molecule has 13 heteroatoms. The average Bonchev–Trinajstić information content (AvgIpc) is 3.57. The molecule has 6 unspecified atom stereocenters. The summed E-state index contributed by atoms with van der Waals surface area (Å²) in [7, 11) is 5.51. The number of aliphatic hydroxyl groups excluding tert-OH is 1. The minimum absolute atomic E-state index is 0.0315. The van der Waals surface area contributed by atoms with E-state index in [0.717, 1.165) is 25.1 Å². The van der Waals surface area contributed by atoms with Gasteiger partial charge in [-0.15, -0.1) is 17.7 Å². The lowest BCUT2D eigenvalue weighted by Gasteiger charge is -2.47. The van der Waals surface area contributed by atoms with E-state index in [4.69, 9.17) is 19.9 Å². The van der Waals surface area contributed by atoms with Crippen molar-refractivity contribution in [3.63, 3.8) is 0 Å². The van der Waals surface area contributed by atoms with E-state index in [2.05, 4.69) is 96.9 Å². The van der Waals surface area contributed by atoms with Crippen LogP contribution in [-0.4, -0.2) is 123 Å². The number of methoxy groups -OCH3 is 1. The van der Waals surface area contributed by atoms with Crippen LogP contribution in [0.15, 0.2) is 18.5 Å². The van der Waals surface area contributed by atoms with Gasteiger partial charge < -0.3 is 35.1 Å². The predicted molar refractivity (Wildman–Crippen MR) is 220 cm³/mol. The van der Waals surface area contributed by atoms with Crippen molar-refractivity contribution in [1.82, 2.24) is 24.8 Å². The van der Waals surface area contributed by atoms with Gasteiger partial charge in [-0.3, -0.25) is 4.90 Å². The van der Waals surface area contributed by atoms with Gasteiger partial charge in [0.1, 0.15) is 30.5 Å². The van der Waals surface area contributed by atoms with Crippen LogP contribution in [0.2, 0.25) is 0 Å². The number of nitrogens with zero attached hydrogens (tertiary/aromatic N) is 5. The zero-order chi connectivity index (χ0) is 41.3. The van der Waals surface area contributed by atoms with Crippen molar-refractivity contribution in [2.24, 2.45) is 41.2 Å². The fraction of sp³-hybridized carbons (Fsp3) is 0.902. The molecule has 316 valence electrons. The number of thiol groups is 1. The van der Waals surface area contributed by atoms with Gasteiger partial charge in [0, 0.05) is 44.8 Å². The normalized spacial score (nSPS) is 33.9. The smallest absolute Gasteiger partial charge is 0.128 e. The highest BCUT2D eigenvalue weighted by Crippen LogP contribution is 2.41. The van der Waals surface area contributed by atoms with Crippen LogP contribution >= 0.6 is 12.6 Å². The highest BCUT2D eigenvalue weighted by atomic mass is 32.1. The number of nitrogens with two attached hydrogens (primary N) is 1. The number of allylic oxidation sites excluding steroid dienone is 1. The summed E-state index contributed by atoms with van der Waals surface area (Å²) in [5, 5.41) is 32.5. The highest BCUT2D eigenvalue weighted by Gasteiger charge is 2.46. The molecule has 0 saturated carbocycles. The standard InChI is InChI=1S/C41H79FN6O5S/c1-16-33-27(6)30(9)52-36(17-2)41(12,43)39(49)47(14)23-26(5)21-40(11,50)37(29(33)8)53-31(10)28(7)34(20-25(3)4)46(13)19-18-32-24-48(45-44-32)35(22-42)38(54)51-15/h24-29,31,33-39,49-50,54H,9,16-23,43H2,1-8,10-15H3/t26-,27?,28+,29+,31?,33-,34?,35?,36-,37-,38?,39?,40-,41-/m1/s1. The van der Waals surface area contributed by atoms with Gasteiger partial charge in [0.25, 0.3) is 0 Å². The van der Waals surface area contributed by atoms with Crippen LogP contribution < -0.4 is 5.73 Å². The third-order valence-corrected chi connectivity index (χ3v) is 13.0. The van der Waals surface area contributed by atoms with Gasteiger partial charge in [-0.1, -0.05) is 73.6 Å². The summed E-state index contributed by atoms with van der Waals surface area (Å²) < 4.78 is 34.2.